The first-order valence-electron chi connectivity index (χ1n) is 6.29. The van der Waals surface area contributed by atoms with Crippen molar-refractivity contribution in [3.63, 3.8) is 0 Å². The van der Waals surface area contributed by atoms with Crippen LogP contribution in [0.5, 0.6) is 5.75 Å². The molecular weight excluding hydrogens is 254 g/mol. The molecule has 2 aromatic rings. The topological polar surface area (TPSA) is 21.3 Å². The van der Waals surface area contributed by atoms with Gasteiger partial charge in [-0.2, -0.15) is 0 Å². The van der Waals surface area contributed by atoms with Crippen molar-refractivity contribution >= 4 is 22.9 Å². The van der Waals surface area contributed by atoms with Crippen LogP contribution in [0.3, 0.4) is 0 Å². The van der Waals surface area contributed by atoms with Crippen molar-refractivity contribution in [1.82, 2.24) is 0 Å². The van der Waals surface area contributed by atoms with Crippen LogP contribution in [0.1, 0.15) is 19.4 Å². The molecule has 0 aliphatic rings. The highest BCUT2D eigenvalue weighted by Gasteiger charge is 2.07. The van der Waals surface area contributed by atoms with Crippen LogP contribution in [0, 0.1) is 0 Å². The second-order valence-electron chi connectivity index (χ2n) is 4.48. The molecule has 0 spiro atoms. The summed E-state index contributed by atoms with van der Waals surface area (Å²) < 4.78 is 5.76. The molecule has 0 aliphatic heterocycles. The average molecular weight is 271 g/mol. The zero-order valence-electron chi connectivity index (χ0n) is 11.1. The lowest BCUT2D eigenvalue weighted by molar-refractivity contribution is 0.244. The summed E-state index contributed by atoms with van der Waals surface area (Å²) in [6, 6.07) is 17.7. The lowest BCUT2D eigenvalue weighted by Crippen LogP contribution is -2.13. The van der Waals surface area contributed by atoms with Crippen molar-refractivity contribution in [2.45, 2.75) is 20.0 Å². The SMILES string of the molecule is CC(C)Oc1ccccc1NC(=S)c1ccccc1. The van der Waals surface area contributed by atoms with E-state index in [0.717, 1.165) is 17.0 Å². The molecule has 0 fully saturated rings. The minimum absolute atomic E-state index is 0.133. The summed E-state index contributed by atoms with van der Waals surface area (Å²) in [6.07, 6.45) is 0.133. The van der Waals surface area contributed by atoms with Crippen LogP contribution in [0.4, 0.5) is 5.69 Å². The van der Waals surface area contributed by atoms with Crippen molar-refractivity contribution in [2.75, 3.05) is 5.32 Å². The normalized spacial score (nSPS) is 10.3. The summed E-state index contributed by atoms with van der Waals surface area (Å²) in [5.41, 5.74) is 1.89. The van der Waals surface area contributed by atoms with Crippen LogP contribution in [0.15, 0.2) is 54.6 Å². The zero-order chi connectivity index (χ0) is 13.7. The maximum Gasteiger partial charge on any atom is 0.143 e. The maximum atomic E-state index is 5.76. The highest BCUT2D eigenvalue weighted by atomic mass is 32.1. The molecule has 0 aromatic heterocycles. The monoisotopic (exact) mass is 271 g/mol. The molecule has 2 aromatic carbocycles. The van der Waals surface area contributed by atoms with E-state index in [-0.39, 0.29) is 6.10 Å². The minimum Gasteiger partial charge on any atom is -0.489 e. The van der Waals surface area contributed by atoms with E-state index in [9.17, 15) is 0 Å². The molecule has 98 valence electrons. The highest BCUT2D eigenvalue weighted by molar-refractivity contribution is 7.81. The molecule has 2 nitrogen and oxygen atoms in total. The van der Waals surface area contributed by atoms with Crippen molar-refractivity contribution < 1.29 is 4.74 Å². The van der Waals surface area contributed by atoms with Gasteiger partial charge in [0.1, 0.15) is 10.7 Å². The molecule has 0 saturated heterocycles. The molecule has 0 saturated carbocycles. The van der Waals surface area contributed by atoms with Gasteiger partial charge in [-0.15, -0.1) is 0 Å². The summed E-state index contributed by atoms with van der Waals surface area (Å²) in [7, 11) is 0. The van der Waals surface area contributed by atoms with Crippen LogP contribution in [-0.2, 0) is 0 Å². The molecule has 3 heteroatoms. The number of thiocarbonyl (C=S) groups is 1. The Labute approximate surface area is 119 Å². The van der Waals surface area contributed by atoms with Crippen LogP contribution in [0.25, 0.3) is 0 Å². The molecular formula is C16H17NOS. The standard InChI is InChI=1S/C16H17NOS/c1-12(2)18-15-11-7-6-10-14(15)17-16(19)13-8-4-3-5-9-13/h3-12H,1-2H3,(H,17,19). The number of hydrogen-bond acceptors (Lipinski definition) is 2. The summed E-state index contributed by atoms with van der Waals surface area (Å²) in [6.45, 7) is 4.01. The van der Waals surface area contributed by atoms with E-state index in [2.05, 4.69) is 5.32 Å². The Bertz CT molecular complexity index is 552. The molecule has 0 heterocycles. The van der Waals surface area contributed by atoms with Gasteiger partial charge in [-0.25, -0.2) is 0 Å². The third kappa shape index (κ3) is 3.80. The fraction of sp³-hybridized carbons (Fsp3) is 0.188. The van der Waals surface area contributed by atoms with Gasteiger partial charge in [0, 0.05) is 5.56 Å². The molecule has 0 unspecified atom stereocenters. The van der Waals surface area contributed by atoms with E-state index in [1.165, 1.54) is 0 Å². The van der Waals surface area contributed by atoms with E-state index in [1.54, 1.807) is 0 Å². The maximum absolute atomic E-state index is 5.76. The molecule has 19 heavy (non-hydrogen) atoms. The largest absolute Gasteiger partial charge is 0.489 e. The molecule has 0 bridgehead atoms. The van der Waals surface area contributed by atoms with Crippen LogP contribution >= 0.6 is 12.2 Å². The van der Waals surface area contributed by atoms with Gasteiger partial charge in [-0.1, -0.05) is 54.7 Å². The Balaban J connectivity index is 2.17. The first-order valence-corrected chi connectivity index (χ1v) is 6.69. The van der Waals surface area contributed by atoms with Crippen molar-refractivity contribution in [3.05, 3.63) is 60.2 Å². The molecule has 2 rings (SSSR count). The highest BCUT2D eigenvalue weighted by Crippen LogP contribution is 2.25. The van der Waals surface area contributed by atoms with Crippen molar-refractivity contribution in [2.24, 2.45) is 0 Å². The Morgan fingerprint density at radius 1 is 1.00 bits per heavy atom. The quantitative estimate of drug-likeness (QED) is 0.839. The van der Waals surface area contributed by atoms with Gasteiger partial charge >= 0.3 is 0 Å². The van der Waals surface area contributed by atoms with Gasteiger partial charge < -0.3 is 10.1 Å². The summed E-state index contributed by atoms with van der Waals surface area (Å²) >= 11 is 5.41. The molecule has 1 N–H and O–H groups in total. The first kappa shape index (κ1) is 13.6. The van der Waals surface area contributed by atoms with Gasteiger partial charge in [0.15, 0.2) is 0 Å². The lowest BCUT2D eigenvalue weighted by Gasteiger charge is -2.15. The number of ether oxygens (including phenoxy) is 1. The predicted octanol–water partition coefficient (Wildman–Crippen LogP) is 4.26. The van der Waals surface area contributed by atoms with Gasteiger partial charge in [0.25, 0.3) is 0 Å². The molecule has 0 amide bonds. The molecule has 0 atom stereocenters. The van der Waals surface area contributed by atoms with Crippen molar-refractivity contribution in [1.29, 1.82) is 0 Å². The van der Waals surface area contributed by atoms with E-state index < -0.39 is 0 Å². The van der Waals surface area contributed by atoms with Gasteiger partial charge in [0.05, 0.1) is 11.8 Å². The summed E-state index contributed by atoms with van der Waals surface area (Å²) in [5.74, 6) is 0.816. The van der Waals surface area contributed by atoms with E-state index in [1.807, 2.05) is 68.4 Å². The van der Waals surface area contributed by atoms with Gasteiger partial charge in [0.2, 0.25) is 0 Å². The third-order valence-electron chi connectivity index (χ3n) is 2.53. The number of benzene rings is 2. The number of rotatable bonds is 4. The second kappa shape index (κ2) is 6.34. The minimum atomic E-state index is 0.133. The number of para-hydroxylation sites is 2. The lowest BCUT2D eigenvalue weighted by atomic mass is 10.2. The summed E-state index contributed by atoms with van der Waals surface area (Å²) in [4.78, 5) is 0.695. The first-order chi connectivity index (χ1) is 9.16. The van der Waals surface area contributed by atoms with Crippen LogP contribution in [0.2, 0.25) is 0 Å². The van der Waals surface area contributed by atoms with Crippen LogP contribution < -0.4 is 10.1 Å². The fourth-order valence-electron chi connectivity index (χ4n) is 1.71. The van der Waals surface area contributed by atoms with Gasteiger partial charge in [-0.3, -0.25) is 0 Å². The van der Waals surface area contributed by atoms with Crippen LogP contribution in [-0.4, -0.2) is 11.1 Å². The number of hydrogen-bond donors (Lipinski definition) is 1. The number of anilines is 1. The van der Waals surface area contributed by atoms with E-state index >= 15 is 0 Å². The zero-order valence-corrected chi connectivity index (χ0v) is 11.9. The third-order valence-corrected chi connectivity index (χ3v) is 2.87. The number of nitrogens with one attached hydrogen (secondary N) is 1. The predicted molar refractivity (Wildman–Crippen MR) is 84.0 cm³/mol. The molecule has 0 aliphatic carbocycles. The van der Waals surface area contributed by atoms with E-state index in [4.69, 9.17) is 17.0 Å². The average Bonchev–Trinajstić information content (AvgIpc) is 2.41. The van der Waals surface area contributed by atoms with Crippen molar-refractivity contribution in [3.8, 4) is 5.75 Å². The fourth-order valence-corrected chi connectivity index (χ4v) is 1.96. The Morgan fingerprint density at radius 2 is 1.63 bits per heavy atom. The second-order valence-corrected chi connectivity index (χ2v) is 4.89. The van der Waals surface area contributed by atoms with Gasteiger partial charge in [-0.05, 0) is 26.0 Å². The Hall–Kier alpha value is -1.87. The summed E-state index contributed by atoms with van der Waals surface area (Å²) in [5, 5.41) is 3.24. The molecule has 0 radical (unpaired) electrons. The smallest absolute Gasteiger partial charge is 0.143 e. The van der Waals surface area contributed by atoms with E-state index in [0.29, 0.717) is 4.99 Å². The Kier molecular flexibility index (Phi) is 4.53. The Morgan fingerprint density at radius 3 is 2.32 bits per heavy atom.